The van der Waals surface area contributed by atoms with E-state index in [2.05, 4.69) is 33.5 Å². The molecular weight excluding hydrogens is 230 g/mol. The van der Waals surface area contributed by atoms with Crippen LogP contribution >= 0.6 is 0 Å². The zero-order chi connectivity index (χ0) is 13.1. The second-order valence-corrected chi connectivity index (χ2v) is 5.08. The van der Waals surface area contributed by atoms with Crippen LogP contribution in [0.3, 0.4) is 0 Å². The molecule has 0 aromatic carbocycles. The van der Waals surface area contributed by atoms with Crippen molar-refractivity contribution in [3.05, 3.63) is 18.0 Å². The summed E-state index contributed by atoms with van der Waals surface area (Å²) in [5.74, 6) is 1.45. The number of ether oxygens (including phenoxy) is 1. The van der Waals surface area contributed by atoms with Gasteiger partial charge in [0.15, 0.2) is 5.69 Å². The van der Waals surface area contributed by atoms with Crippen LogP contribution in [0.15, 0.2) is 12.3 Å². The van der Waals surface area contributed by atoms with Crippen LogP contribution in [0.5, 0.6) is 0 Å². The first kappa shape index (κ1) is 12.8. The predicted molar refractivity (Wildman–Crippen MR) is 68.5 cm³/mol. The van der Waals surface area contributed by atoms with Gasteiger partial charge in [0, 0.05) is 19.3 Å². The molecule has 1 aliphatic rings. The molecule has 0 saturated carbocycles. The lowest BCUT2D eigenvalue weighted by molar-refractivity contribution is 0.0594. The minimum Gasteiger partial charge on any atom is -0.464 e. The number of carbonyl (C=O) groups is 1. The maximum atomic E-state index is 11.4. The first-order valence-electron chi connectivity index (χ1n) is 6.26. The molecule has 98 valence electrons. The van der Waals surface area contributed by atoms with E-state index in [9.17, 15) is 4.79 Å². The molecule has 0 spiro atoms. The van der Waals surface area contributed by atoms with Crippen molar-refractivity contribution in [2.24, 2.45) is 11.8 Å². The average molecular weight is 249 g/mol. The molecule has 5 nitrogen and oxygen atoms in total. The molecule has 0 N–H and O–H groups in total. The van der Waals surface area contributed by atoms with E-state index in [1.807, 2.05) is 0 Å². The first-order valence-corrected chi connectivity index (χ1v) is 6.26. The Morgan fingerprint density at radius 2 is 2.06 bits per heavy atom. The molecular formula is C13H19N3O2. The molecule has 2 rings (SSSR count). The van der Waals surface area contributed by atoms with Gasteiger partial charge in [-0.2, -0.15) is 0 Å². The van der Waals surface area contributed by atoms with E-state index in [4.69, 9.17) is 0 Å². The summed E-state index contributed by atoms with van der Waals surface area (Å²) < 4.78 is 4.67. The van der Waals surface area contributed by atoms with Crippen LogP contribution in [0, 0.1) is 11.8 Å². The molecule has 2 heterocycles. The molecule has 2 atom stereocenters. The molecule has 0 amide bonds. The van der Waals surface area contributed by atoms with Gasteiger partial charge < -0.3 is 9.64 Å². The maximum absolute atomic E-state index is 11.4. The summed E-state index contributed by atoms with van der Waals surface area (Å²) in [7, 11) is 1.36. The topological polar surface area (TPSA) is 55.3 Å². The van der Waals surface area contributed by atoms with Crippen molar-refractivity contribution in [3.8, 4) is 0 Å². The summed E-state index contributed by atoms with van der Waals surface area (Å²) >= 11 is 0. The highest BCUT2D eigenvalue weighted by Gasteiger charge is 2.24. The highest BCUT2D eigenvalue weighted by molar-refractivity contribution is 5.87. The molecule has 1 aliphatic heterocycles. The van der Waals surface area contributed by atoms with Crippen molar-refractivity contribution in [3.63, 3.8) is 0 Å². The smallest absolute Gasteiger partial charge is 0.356 e. The van der Waals surface area contributed by atoms with Crippen LogP contribution in [-0.4, -0.2) is 36.1 Å². The Labute approximate surface area is 107 Å². The van der Waals surface area contributed by atoms with Crippen molar-refractivity contribution in [2.45, 2.75) is 20.3 Å². The Morgan fingerprint density at radius 1 is 1.39 bits per heavy atom. The summed E-state index contributed by atoms with van der Waals surface area (Å²) in [6.45, 7) is 6.34. The van der Waals surface area contributed by atoms with E-state index >= 15 is 0 Å². The minimum absolute atomic E-state index is 0.313. The molecule has 18 heavy (non-hydrogen) atoms. The highest BCUT2D eigenvalue weighted by atomic mass is 16.5. The monoisotopic (exact) mass is 249 g/mol. The molecule has 1 aromatic rings. The van der Waals surface area contributed by atoms with Crippen LogP contribution in [0.4, 0.5) is 5.95 Å². The van der Waals surface area contributed by atoms with Crippen molar-refractivity contribution in [1.29, 1.82) is 0 Å². The van der Waals surface area contributed by atoms with E-state index in [0.29, 0.717) is 23.5 Å². The van der Waals surface area contributed by atoms with Gasteiger partial charge in [-0.25, -0.2) is 14.8 Å². The van der Waals surface area contributed by atoms with Gasteiger partial charge >= 0.3 is 5.97 Å². The number of esters is 1. The second-order valence-electron chi connectivity index (χ2n) is 5.08. The van der Waals surface area contributed by atoms with Gasteiger partial charge in [-0.1, -0.05) is 13.8 Å². The molecule has 0 bridgehead atoms. The molecule has 1 saturated heterocycles. The van der Waals surface area contributed by atoms with Crippen molar-refractivity contribution in [2.75, 3.05) is 25.1 Å². The number of rotatable bonds is 2. The maximum Gasteiger partial charge on any atom is 0.356 e. The van der Waals surface area contributed by atoms with Gasteiger partial charge in [-0.05, 0) is 24.3 Å². The van der Waals surface area contributed by atoms with Crippen molar-refractivity contribution in [1.82, 2.24) is 9.97 Å². The fourth-order valence-corrected chi connectivity index (χ4v) is 2.55. The normalized spacial score (nSPS) is 23.8. The van der Waals surface area contributed by atoms with Gasteiger partial charge in [-0.15, -0.1) is 0 Å². The summed E-state index contributed by atoms with van der Waals surface area (Å²) in [4.78, 5) is 22.1. The third-order valence-electron chi connectivity index (χ3n) is 3.19. The summed E-state index contributed by atoms with van der Waals surface area (Å²) in [6.07, 6.45) is 2.84. The molecule has 1 fully saturated rings. The third-order valence-corrected chi connectivity index (χ3v) is 3.19. The second kappa shape index (κ2) is 5.33. The van der Waals surface area contributed by atoms with Gasteiger partial charge in [0.25, 0.3) is 0 Å². The van der Waals surface area contributed by atoms with Crippen molar-refractivity contribution >= 4 is 11.9 Å². The minimum atomic E-state index is -0.420. The molecule has 1 aromatic heterocycles. The number of piperidine rings is 1. The number of hydrogen-bond acceptors (Lipinski definition) is 5. The van der Waals surface area contributed by atoms with Crippen LogP contribution < -0.4 is 4.90 Å². The Kier molecular flexibility index (Phi) is 3.79. The van der Waals surface area contributed by atoms with Crippen molar-refractivity contribution < 1.29 is 9.53 Å². The Morgan fingerprint density at radius 3 is 2.67 bits per heavy atom. The van der Waals surface area contributed by atoms with E-state index in [-0.39, 0.29) is 0 Å². The highest BCUT2D eigenvalue weighted by Crippen LogP contribution is 2.23. The summed E-state index contributed by atoms with van der Waals surface area (Å²) in [5, 5.41) is 0. The molecule has 2 unspecified atom stereocenters. The average Bonchev–Trinajstić information content (AvgIpc) is 2.37. The van der Waals surface area contributed by atoms with Crippen LogP contribution in [0.1, 0.15) is 30.8 Å². The molecule has 5 heteroatoms. The fraction of sp³-hybridized carbons (Fsp3) is 0.615. The largest absolute Gasteiger partial charge is 0.464 e. The number of anilines is 1. The van der Waals surface area contributed by atoms with Gasteiger partial charge in [0.05, 0.1) is 7.11 Å². The first-order chi connectivity index (χ1) is 8.60. The van der Waals surface area contributed by atoms with Gasteiger partial charge in [0.2, 0.25) is 5.95 Å². The SMILES string of the molecule is COC(=O)c1ccnc(N2CC(C)CC(C)C2)n1. The lowest BCUT2D eigenvalue weighted by Gasteiger charge is -2.34. The lowest BCUT2D eigenvalue weighted by atomic mass is 9.92. The fourth-order valence-electron chi connectivity index (χ4n) is 2.55. The van der Waals surface area contributed by atoms with Crippen LogP contribution in [0.2, 0.25) is 0 Å². The van der Waals surface area contributed by atoms with Crippen LogP contribution in [-0.2, 0) is 4.74 Å². The summed E-state index contributed by atoms with van der Waals surface area (Å²) in [5.41, 5.74) is 0.313. The Hall–Kier alpha value is -1.65. The van der Waals surface area contributed by atoms with Gasteiger partial charge in [-0.3, -0.25) is 0 Å². The van der Waals surface area contributed by atoms with E-state index in [0.717, 1.165) is 13.1 Å². The standard InChI is InChI=1S/C13H19N3O2/c1-9-6-10(2)8-16(7-9)13-14-5-4-11(15-13)12(17)18-3/h4-5,9-10H,6-8H2,1-3H3. The number of carbonyl (C=O) groups excluding carboxylic acids is 1. The molecule has 0 aliphatic carbocycles. The zero-order valence-electron chi connectivity index (χ0n) is 11.1. The number of methoxy groups -OCH3 is 1. The van der Waals surface area contributed by atoms with E-state index in [1.54, 1.807) is 12.3 Å². The summed E-state index contributed by atoms with van der Waals surface area (Å²) in [6, 6.07) is 1.58. The van der Waals surface area contributed by atoms with Crippen LogP contribution in [0.25, 0.3) is 0 Å². The third kappa shape index (κ3) is 2.78. The Balaban J connectivity index is 2.20. The van der Waals surface area contributed by atoms with E-state index < -0.39 is 5.97 Å². The zero-order valence-corrected chi connectivity index (χ0v) is 11.1. The quantitative estimate of drug-likeness (QED) is 0.747. The van der Waals surface area contributed by atoms with E-state index in [1.165, 1.54) is 13.5 Å². The van der Waals surface area contributed by atoms with Gasteiger partial charge in [0.1, 0.15) is 0 Å². The predicted octanol–water partition coefficient (Wildman–Crippen LogP) is 1.75. The lowest BCUT2D eigenvalue weighted by Crippen LogP contribution is -2.39. The molecule has 0 radical (unpaired) electrons. The number of aromatic nitrogens is 2. The Bertz CT molecular complexity index is 426. The number of hydrogen-bond donors (Lipinski definition) is 0. The number of nitrogens with zero attached hydrogens (tertiary/aromatic N) is 3.